The van der Waals surface area contributed by atoms with Crippen LogP contribution in [0.3, 0.4) is 0 Å². The van der Waals surface area contributed by atoms with Crippen molar-refractivity contribution < 1.29 is 9.53 Å². The summed E-state index contributed by atoms with van der Waals surface area (Å²) in [5, 5.41) is 13.5. The summed E-state index contributed by atoms with van der Waals surface area (Å²) < 4.78 is 5.76. The van der Waals surface area contributed by atoms with Gasteiger partial charge in [0.25, 0.3) is 0 Å². The quantitative estimate of drug-likeness (QED) is 0.503. The molecule has 0 aliphatic rings. The highest BCUT2D eigenvalue weighted by molar-refractivity contribution is 8.01. The zero-order valence-electron chi connectivity index (χ0n) is 11.1. The molecular formula is C13H12N4O2S2. The van der Waals surface area contributed by atoms with E-state index >= 15 is 0 Å². The predicted molar refractivity (Wildman–Crippen MR) is 85.1 cm³/mol. The van der Waals surface area contributed by atoms with Gasteiger partial charge in [0.05, 0.1) is 12.9 Å². The first-order valence-corrected chi connectivity index (χ1v) is 7.63. The highest BCUT2D eigenvalue weighted by Crippen LogP contribution is 2.25. The number of hydrogen-bond acceptors (Lipinski definition) is 6. The normalized spacial score (nSPS) is 9.71. The van der Waals surface area contributed by atoms with Gasteiger partial charge in [-0.3, -0.25) is 5.32 Å². The van der Waals surface area contributed by atoms with Gasteiger partial charge in [-0.25, -0.2) is 4.79 Å². The molecule has 8 heteroatoms. The van der Waals surface area contributed by atoms with Crippen molar-refractivity contribution >= 4 is 39.9 Å². The van der Waals surface area contributed by atoms with E-state index in [2.05, 4.69) is 26.8 Å². The molecule has 108 valence electrons. The molecule has 1 aromatic heterocycles. The molecule has 0 aliphatic carbocycles. The highest BCUT2D eigenvalue weighted by Gasteiger charge is 2.08. The summed E-state index contributed by atoms with van der Waals surface area (Å²) in [5.41, 5.74) is 0.653. The number of hydrogen-bond donors (Lipinski definition) is 2. The second-order valence-electron chi connectivity index (χ2n) is 3.67. The van der Waals surface area contributed by atoms with Gasteiger partial charge in [0.2, 0.25) is 5.13 Å². The van der Waals surface area contributed by atoms with Crippen molar-refractivity contribution in [3.63, 3.8) is 0 Å². The van der Waals surface area contributed by atoms with Crippen LogP contribution < -0.4 is 15.4 Å². The lowest BCUT2D eigenvalue weighted by atomic mass is 10.3. The number of terminal acetylenes is 1. The Balaban J connectivity index is 1.88. The Bertz CT molecular complexity index is 649. The molecule has 2 N–H and O–H groups in total. The second kappa shape index (κ2) is 7.52. The lowest BCUT2D eigenvalue weighted by Gasteiger charge is -2.05. The summed E-state index contributed by atoms with van der Waals surface area (Å²) in [6, 6.07) is 6.62. The summed E-state index contributed by atoms with van der Waals surface area (Å²) >= 11 is 2.67. The second-order valence-corrected chi connectivity index (χ2v) is 5.87. The minimum atomic E-state index is -0.384. The molecule has 0 atom stereocenters. The van der Waals surface area contributed by atoms with Gasteiger partial charge in [0.15, 0.2) is 4.34 Å². The number of nitrogens with zero attached hydrogens (tertiary/aromatic N) is 2. The first kappa shape index (κ1) is 15.2. The first-order valence-electron chi connectivity index (χ1n) is 5.83. The number of rotatable bonds is 5. The van der Waals surface area contributed by atoms with Crippen molar-refractivity contribution in [2.75, 3.05) is 23.5 Å². The monoisotopic (exact) mass is 320 g/mol. The molecule has 0 unspecified atom stereocenters. The standard InChI is InChI=1S/C13H12N4O2S2/c1-3-8-20-13-17-16-12(21-13)15-11(18)14-9-4-6-10(19-2)7-5-9/h1,4-7H,8H2,2H3,(H2,14,15,16,18). The molecule has 0 saturated heterocycles. The number of carbonyl (C=O) groups is 1. The topological polar surface area (TPSA) is 76.1 Å². The SMILES string of the molecule is C#CCSc1nnc(NC(=O)Nc2ccc(OC)cc2)s1. The zero-order valence-corrected chi connectivity index (χ0v) is 12.8. The van der Waals surface area contributed by atoms with E-state index in [1.54, 1.807) is 31.4 Å². The third kappa shape index (κ3) is 4.66. The van der Waals surface area contributed by atoms with Crippen LogP contribution in [-0.2, 0) is 0 Å². The highest BCUT2D eigenvalue weighted by atomic mass is 32.2. The minimum absolute atomic E-state index is 0.384. The molecule has 1 heterocycles. The van der Waals surface area contributed by atoms with E-state index in [0.717, 1.165) is 5.75 Å². The van der Waals surface area contributed by atoms with Gasteiger partial charge in [-0.15, -0.1) is 16.6 Å². The average molecular weight is 320 g/mol. The van der Waals surface area contributed by atoms with Crippen molar-refractivity contribution in [2.24, 2.45) is 0 Å². The van der Waals surface area contributed by atoms with Crippen LogP contribution >= 0.6 is 23.1 Å². The van der Waals surface area contributed by atoms with E-state index < -0.39 is 0 Å². The van der Waals surface area contributed by atoms with E-state index in [0.29, 0.717) is 20.9 Å². The van der Waals surface area contributed by atoms with Crippen LogP contribution in [-0.4, -0.2) is 29.1 Å². The molecule has 0 fully saturated rings. The third-order valence-electron chi connectivity index (χ3n) is 2.25. The summed E-state index contributed by atoms with van der Waals surface area (Å²) in [6.45, 7) is 0. The van der Waals surface area contributed by atoms with Crippen molar-refractivity contribution in [2.45, 2.75) is 4.34 Å². The van der Waals surface area contributed by atoms with E-state index in [1.807, 2.05) is 0 Å². The third-order valence-corrected chi connectivity index (χ3v) is 4.13. The van der Waals surface area contributed by atoms with Gasteiger partial charge in [0, 0.05) is 5.69 Å². The molecule has 0 radical (unpaired) electrons. The van der Waals surface area contributed by atoms with Crippen LogP contribution in [0.15, 0.2) is 28.6 Å². The summed E-state index contributed by atoms with van der Waals surface area (Å²) in [4.78, 5) is 11.8. The number of thioether (sulfide) groups is 1. The molecule has 21 heavy (non-hydrogen) atoms. The maximum Gasteiger partial charge on any atom is 0.325 e. The number of methoxy groups -OCH3 is 1. The van der Waals surface area contributed by atoms with Gasteiger partial charge in [-0.1, -0.05) is 29.0 Å². The molecule has 1 aromatic carbocycles. The van der Waals surface area contributed by atoms with Crippen LogP contribution in [0.2, 0.25) is 0 Å². The number of ether oxygens (including phenoxy) is 1. The van der Waals surface area contributed by atoms with E-state index in [4.69, 9.17) is 11.2 Å². The predicted octanol–water partition coefficient (Wildman–Crippen LogP) is 2.92. The molecule has 2 aromatic rings. The Morgan fingerprint density at radius 1 is 1.38 bits per heavy atom. The van der Waals surface area contributed by atoms with Gasteiger partial charge in [0.1, 0.15) is 5.75 Å². The summed E-state index contributed by atoms with van der Waals surface area (Å²) in [7, 11) is 1.58. The van der Waals surface area contributed by atoms with Gasteiger partial charge in [-0.2, -0.15) is 0 Å². The van der Waals surface area contributed by atoms with E-state index in [1.165, 1.54) is 23.1 Å². The van der Waals surface area contributed by atoms with Gasteiger partial charge < -0.3 is 10.1 Å². The van der Waals surface area contributed by atoms with E-state index in [-0.39, 0.29) is 6.03 Å². The average Bonchev–Trinajstić information content (AvgIpc) is 2.93. The molecule has 6 nitrogen and oxygen atoms in total. The molecule has 2 rings (SSSR count). The van der Waals surface area contributed by atoms with Gasteiger partial charge in [-0.05, 0) is 24.3 Å². The number of aromatic nitrogens is 2. The Morgan fingerprint density at radius 2 is 2.14 bits per heavy atom. The number of benzene rings is 1. The molecule has 2 amide bonds. The molecule has 0 spiro atoms. The van der Waals surface area contributed by atoms with Crippen LogP contribution in [0.5, 0.6) is 5.75 Å². The number of anilines is 2. The minimum Gasteiger partial charge on any atom is -0.497 e. The lowest BCUT2D eigenvalue weighted by molar-refractivity contribution is 0.262. The number of carbonyl (C=O) groups excluding carboxylic acids is 1. The largest absolute Gasteiger partial charge is 0.497 e. The van der Waals surface area contributed by atoms with Crippen LogP contribution in [0.4, 0.5) is 15.6 Å². The zero-order chi connectivity index (χ0) is 15.1. The van der Waals surface area contributed by atoms with Crippen molar-refractivity contribution in [1.29, 1.82) is 0 Å². The molecule has 0 saturated carbocycles. The first-order chi connectivity index (χ1) is 10.2. The fourth-order valence-electron chi connectivity index (χ4n) is 1.36. The van der Waals surface area contributed by atoms with E-state index in [9.17, 15) is 4.79 Å². The number of urea groups is 1. The molecule has 0 aliphatic heterocycles. The Kier molecular flexibility index (Phi) is 5.43. The summed E-state index contributed by atoms with van der Waals surface area (Å²) in [5.74, 6) is 3.74. The Morgan fingerprint density at radius 3 is 2.81 bits per heavy atom. The fourth-order valence-corrected chi connectivity index (χ4v) is 2.78. The number of nitrogens with one attached hydrogen (secondary N) is 2. The van der Waals surface area contributed by atoms with Crippen LogP contribution in [0.1, 0.15) is 0 Å². The Labute approximate surface area is 130 Å². The Hall–Kier alpha value is -2.24. The molecule has 0 bridgehead atoms. The van der Waals surface area contributed by atoms with Crippen LogP contribution in [0, 0.1) is 12.3 Å². The van der Waals surface area contributed by atoms with Crippen molar-refractivity contribution in [3.8, 4) is 18.1 Å². The van der Waals surface area contributed by atoms with Crippen molar-refractivity contribution in [3.05, 3.63) is 24.3 Å². The van der Waals surface area contributed by atoms with Crippen molar-refractivity contribution in [1.82, 2.24) is 10.2 Å². The summed E-state index contributed by atoms with van der Waals surface area (Å²) in [6.07, 6.45) is 5.17. The number of amides is 2. The van der Waals surface area contributed by atoms with Gasteiger partial charge >= 0.3 is 6.03 Å². The lowest BCUT2D eigenvalue weighted by Crippen LogP contribution is -2.19. The maximum absolute atomic E-state index is 11.8. The maximum atomic E-state index is 11.8. The van der Waals surface area contributed by atoms with Crippen LogP contribution in [0.25, 0.3) is 0 Å². The molecular weight excluding hydrogens is 308 g/mol. The smallest absolute Gasteiger partial charge is 0.325 e. The fraction of sp³-hybridized carbons (Fsp3) is 0.154.